The van der Waals surface area contributed by atoms with Crippen LogP contribution in [0.15, 0.2) is 18.3 Å². The van der Waals surface area contributed by atoms with Crippen LogP contribution in [0.1, 0.15) is 36.6 Å². The zero-order chi connectivity index (χ0) is 9.26. The molecule has 1 aliphatic rings. The fourth-order valence-electron chi connectivity index (χ4n) is 2.10. The molecule has 0 amide bonds. The van der Waals surface area contributed by atoms with Gasteiger partial charge in [-0.3, -0.25) is 4.98 Å². The van der Waals surface area contributed by atoms with E-state index >= 15 is 0 Å². The van der Waals surface area contributed by atoms with Crippen molar-refractivity contribution in [1.29, 1.82) is 0 Å². The first-order chi connectivity index (χ1) is 6.33. The molecule has 0 atom stereocenters. The van der Waals surface area contributed by atoms with Crippen LogP contribution in [0.3, 0.4) is 0 Å². The Hall–Kier alpha value is -1.11. The zero-order valence-electron chi connectivity index (χ0n) is 8.30. The van der Waals surface area contributed by atoms with Gasteiger partial charge < -0.3 is 0 Å². The quantitative estimate of drug-likeness (QED) is 0.587. The highest BCUT2D eigenvalue weighted by molar-refractivity contribution is 5.70. The normalized spacial score (nSPS) is 18.8. The second kappa shape index (κ2) is 3.33. The summed E-state index contributed by atoms with van der Waals surface area (Å²) in [7, 11) is 0. The maximum atomic E-state index is 4.44. The van der Waals surface area contributed by atoms with Crippen molar-refractivity contribution in [2.45, 2.75) is 33.1 Å². The van der Waals surface area contributed by atoms with Crippen molar-refractivity contribution in [3.63, 3.8) is 0 Å². The van der Waals surface area contributed by atoms with Crippen molar-refractivity contribution >= 4 is 5.57 Å². The van der Waals surface area contributed by atoms with Crippen LogP contribution in [0.5, 0.6) is 0 Å². The van der Waals surface area contributed by atoms with Crippen LogP contribution in [0, 0.1) is 6.92 Å². The third-order valence-corrected chi connectivity index (χ3v) is 2.77. The van der Waals surface area contributed by atoms with E-state index < -0.39 is 0 Å². The molecule has 0 unspecified atom stereocenters. The highest BCUT2D eigenvalue weighted by atomic mass is 14.7. The van der Waals surface area contributed by atoms with E-state index in [1.54, 1.807) is 0 Å². The average molecular weight is 173 g/mol. The fraction of sp³-hybridized carbons (Fsp3) is 0.417. The van der Waals surface area contributed by atoms with Gasteiger partial charge in [0.25, 0.3) is 0 Å². The van der Waals surface area contributed by atoms with Crippen LogP contribution < -0.4 is 0 Å². The third-order valence-electron chi connectivity index (χ3n) is 2.77. The minimum absolute atomic E-state index is 1.15. The molecule has 0 bridgehead atoms. The van der Waals surface area contributed by atoms with Gasteiger partial charge in [-0.2, -0.15) is 0 Å². The summed E-state index contributed by atoms with van der Waals surface area (Å²) in [4.78, 5) is 4.44. The minimum Gasteiger partial charge on any atom is -0.261 e. The molecule has 0 radical (unpaired) electrons. The summed E-state index contributed by atoms with van der Waals surface area (Å²) in [5.74, 6) is 0. The number of fused-ring (bicyclic) bond motifs is 1. The first-order valence-electron chi connectivity index (χ1n) is 4.93. The van der Waals surface area contributed by atoms with Crippen LogP contribution >= 0.6 is 0 Å². The van der Waals surface area contributed by atoms with E-state index in [-0.39, 0.29) is 0 Å². The predicted octanol–water partition coefficient (Wildman–Crippen LogP) is 3.13. The van der Waals surface area contributed by atoms with E-state index in [0.29, 0.717) is 0 Å². The summed E-state index contributed by atoms with van der Waals surface area (Å²) in [5, 5.41) is 0. The molecular formula is C12H15N. The monoisotopic (exact) mass is 173 g/mol. The topological polar surface area (TPSA) is 12.9 Å². The largest absolute Gasteiger partial charge is 0.261 e. The Labute approximate surface area is 79.5 Å². The lowest BCUT2D eigenvalue weighted by Crippen LogP contribution is -2.05. The Morgan fingerprint density at radius 3 is 3.00 bits per heavy atom. The van der Waals surface area contributed by atoms with Gasteiger partial charge in [0.2, 0.25) is 0 Å². The van der Waals surface area contributed by atoms with E-state index in [9.17, 15) is 0 Å². The van der Waals surface area contributed by atoms with Crippen LogP contribution in [0.4, 0.5) is 0 Å². The molecule has 1 aromatic rings. The van der Waals surface area contributed by atoms with Gasteiger partial charge in [-0.05, 0) is 50.3 Å². The van der Waals surface area contributed by atoms with Gasteiger partial charge in [-0.1, -0.05) is 6.08 Å². The van der Waals surface area contributed by atoms with Gasteiger partial charge in [0.1, 0.15) is 0 Å². The first kappa shape index (κ1) is 8.49. The van der Waals surface area contributed by atoms with Gasteiger partial charge >= 0.3 is 0 Å². The molecule has 0 aliphatic heterocycles. The minimum atomic E-state index is 1.15. The zero-order valence-corrected chi connectivity index (χ0v) is 8.30. The number of rotatable bonds is 0. The molecule has 1 heteroatoms. The lowest BCUT2D eigenvalue weighted by Gasteiger charge is -2.19. The molecule has 1 aliphatic carbocycles. The van der Waals surface area contributed by atoms with Crippen molar-refractivity contribution in [2.75, 3.05) is 0 Å². The molecule has 0 N–H and O–H groups in total. The van der Waals surface area contributed by atoms with Crippen molar-refractivity contribution in [2.24, 2.45) is 0 Å². The van der Waals surface area contributed by atoms with Gasteiger partial charge in [-0.15, -0.1) is 0 Å². The molecule has 0 aromatic carbocycles. The summed E-state index contributed by atoms with van der Waals surface area (Å²) in [6.07, 6.45) is 7.77. The molecule has 2 rings (SSSR count). The second-order valence-corrected chi connectivity index (χ2v) is 3.62. The fourth-order valence-corrected chi connectivity index (χ4v) is 2.10. The van der Waals surface area contributed by atoms with Crippen molar-refractivity contribution in [3.05, 3.63) is 35.2 Å². The van der Waals surface area contributed by atoms with E-state index in [2.05, 4.69) is 31.0 Å². The highest BCUT2D eigenvalue weighted by Gasteiger charge is 2.15. The van der Waals surface area contributed by atoms with Crippen molar-refractivity contribution in [1.82, 2.24) is 4.98 Å². The predicted molar refractivity (Wildman–Crippen MR) is 55.6 cm³/mol. The van der Waals surface area contributed by atoms with Crippen LogP contribution in [0.25, 0.3) is 5.57 Å². The lowest BCUT2D eigenvalue weighted by molar-refractivity contribution is 0.789. The van der Waals surface area contributed by atoms with Crippen LogP contribution in [0.2, 0.25) is 0 Å². The van der Waals surface area contributed by atoms with E-state index in [4.69, 9.17) is 0 Å². The molecule has 1 aromatic heterocycles. The summed E-state index contributed by atoms with van der Waals surface area (Å²) < 4.78 is 0. The van der Waals surface area contributed by atoms with Gasteiger partial charge in [-0.25, -0.2) is 0 Å². The molecule has 0 saturated carbocycles. The highest BCUT2D eigenvalue weighted by Crippen LogP contribution is 2.31. The van der Waals surface area contributed by atoms with Gasteiger partial charge in [0, 0.05) is 17.5 Å². The Morgan fingerprint density at radius 2 is 2.23 bits per heavy atom. The molecule has 0 spiro atoms. The Bertz CT molecular complexity index is 350. The molecule has 68 valence electrons. The van der Waals surface area contributed by atoms with E-state index in [1.807, 2.05) is 6.20 Å². The SMILES string of the molecule is C/C=C1/CCCc2nccc(C)c21. The number of allylic oxidation sites excluding steroid dienone is 2. The Balaban J connectivity index is 2.60. The maximum absolute atomic E-state index is 4.44. The number of aryl methyl sites for hydroxylation is 2. The summed E-state index contributed by atoms with van der Waals surface area (Å²) >= 11 is 0. The number of nitrogens with zero attached hydrogens (tertiary/aromatic N) is 1. The molecule has 0 fully saturated rings. The van der Waals surface area contributed by atoms with Crippen LogP contribution in [-0.4, -0.2) is 4.98 Å². The molecule has 0 saturated heterocycles. The maximum Gasteiger partial charge on any atom is 0.0481 e. The number of hydrogen-bond donors (Lipinski definition) is 0. The van der Waals surface area contributed by atoms with Crippen molar-refractivity contribution in [3.8, 4) is 0 Å². The van der Waals surface area contributed by atoms with Gasteiger partial charge in [0.05, 0.1) is 0 Å². The Morgan fingerprint density at radius 1 is 1.38 bits per heavy atom. The summed E-state index contributed by atoms with van der Waals surface area (Å²) in [6, 6.07) is 2.10. The molecule has 1 heterocycles. The third kappa shape index (κ3) is 1.39. The molecule has 13 heavy (non-hydrogen) atoms. The molecule has 1 nitrogen and oxygen atoms in total. The number of pyridine rings is 1. The van der Waals surface area contributed by atoms with Gasteiger partial charge in [0.15, 0.2) is 0 Å². The second-order valence-electron chi connectivity index (χ2n) is 3.62. The average Bonchev–Trinajstić information content (AvgIpc) is 2.17. The first-order valence-corrected chi connectivity index (χ1v) is 4.93. The Kier molecular flexibility index (Phi) is 2.17. The number of hydrogen-bond acceptors (Lipinski definition) is 1. The van der Waals surface area contributed by atoms with E-state index in [1.165, 1.54) is 35.2 Å². The van der Waals surface area contributed by atoms with Crippen LogP contribution in [-0.2, 0) is 6.42 Å². The van der Waals surface area contributed by atoms with E-state index in [0.717, 1.165) is 6.42 Å². The number of aromatic nitrogens is 1. The smallest absolute Gasteiger partial charge is 0.0481 e. The lowest BCUT2D eigenvalue weighted by atomic mass is 9.88. The summed E-state index contributed by atoms with van der Waals surface area (Å²) in [5.41, 5.74) is 5.56. The standard InChI is InChI=1S/C12H15N/c1-3-10-5-4-6-11-12(10)9(2)7-8-13-11/h3,7-8H,4-6H2,1-2H3/b10-3-. The summed E-state index contributed by atoms with van der Waals surface area (Å²) in [6.45, 7) is 4.30. The van der Waals surface area contributed by atoms with Crippen molar-refractivity contribution < 1.29 is 0 Å². The molecular weight excluding hydrogens is 158 g/mol.